The summed E-state index contributed by atoms with van der Waals surface area (Å²) in [5, 5.41) is 6.60. The Bertz CT molecular complexity index is 829. The molecule has 2 aliphatic rings. The largest absolute Gasteiger partial charge is 0.349 e. The van der Waals surface area contributed by atoms with Crippen LogP contribution in [0.1, 0.15) is 40.0 Å². The third-order valence-corrected chi connectivity index (χ3v) is 5.94. The maximum absolute atomic E-state index is 12.7. The van der Waals surface area contributed by atoms with E-state index in [4.69, 9.17) is 0 Å². The second-order valence-electron chi connectivity index (χ2n) is 7.86. The van der Waals surface area contributed by atoms with Crippen molar-refractivity contribution in [2.24, 2.45) is 11.8 Å². The van der Waals surface area contributed by atoms with Crippen LogP contribution in [0.4, 0.5) is 5.69 Å². The van der Waals surface area contributed by atoms with Gasteiger partial charge in [-0.05, 0) is 80.6 Å². The van der Waals surface area contributed by atoms with Crippen LogP contribution in [-0.2, 0) is 0 Å². The first-order valence-corrected chi connectivity index (χ1v) is 10.1. The van der Waals surface area contributed by atoms with Gasteiger partial charge in [0.05, 0.1) is 0 Å². The van der Waals surface area contributed by atoms with Gasteiger partial charge >= 0.3 is 0 Å². The zero-order chi connectivity index (χ0) is 19.5. The Morgan fingerprint density at radius 3 is 2.43 bits per heavy atom. The van der Waals surface area contributed by atoms with Gasteiger partial charge < -0.3 is 15.5 Å². The van der Waals surface area contributed by atoms with Gasteiger partial charge in [0.25, 0.3) is 11.8 Å². The first-order chi connectivity index (χ1) is 13.6. The van der Waals surface area contributed by atoms with Gasteiger partial charge in [0.1, 0.15) is 0 Å². The molecule has 1 saturated heterocycles. The van der Waals surface area contributed by atoms with Crippen molar-refractivity contribution >= 4 is 17.5 Å². The molecule has 3 unspecified atom stereocenters. The number of carbonyl (C=O) groups excluding carboxylic acids is 2. The zero-order valence-corrected chi connectivity index (χ0v) is 16.2. The molecular weight excluding hydrogens is 350 g/mol. The average molecular weight is 377 g/mol. The van der Waals surface area contributed by atoms with Crippen LogP contribution in [0, 0.1) is 11.8 Å². The predicted octanol–water partition coefficient (Wildman–Crippen LogP) is 3.08. The summed E-state index contributed by atoms with van der Waals surface area (Å²) in [6.45, 7) is 2.19. The first kappa shape index (κ1) is 18.7. The highest BCUT2D eigenvalue weighted by molar-refractivity contribution is 6.06. The summed E-state index contributed by atoms with van der Waals surface area (Å²) in [5.74, 6) is 1.15. The van der Waals surface area contributed by atoms with Crippen LogP contribution in [0.2, 0.25) is 0 Å². The number of nitrogens with zero attached hydrogens (tertiary/aromatic N) is 1. The Kier molecular flexibility index (Phi) is 5.44. The Balaban J connectivity index is 1.34. The molecule has 1 heterocycles. The van der Waals surface area contributed by atoms with Crippen molar-refractivity contribution in [1.29, 1.82) is 0 Å². The van der Waals surface area contributed by atoms with E-state index in [9.17, 15) is 9.59 Å². The summed E-state index contributed by atoms with van der Waals surface area (Å²) in [6, 6.07) is 16.7. The Morgan fingerprint density at radius 2 is 1.75 bits per heavy atom. The van der Waals surface area contributed by atoms with Crippen molar-refractivity contribution in [2.75, 3.05) is 25.0 Å². The lowest BCUT2D eigenvalue weighted by atomic mass is 9.94. The molecule has 2 fully saturated rings. The van der Waals surface area contributed by atoms with Crippen LogP contribution >= 0.6 is 0 Å². The lowest BCUT2D eigenvalue weighted by molar-refractivity contribution is 0.0944. The molecule has 5 nitrogen and oxygen atoms in total. The van der Waals surface area contributed by atoms with Crippen LogP contribution in [0.3, 0.4) is 0 Å². The van der Waals surface area contributed by atoms with Crippen molar-refractivity contribution in [2.45, 2.75) is 25.3 Å². The molecule has 1 saturated carbocycles. The Hall–Kier alpha value is -2.66. The Morgan fingerprint density at radius 1 is 1.04 bits per heavy atom. The molecule has 2 aromatic carbocycles. The third kappa shape index (κ3) is 4.09. The number of hydrogen-bond donors (Lipinski definition) is 2. The number of anilines is 1. The van der Waals surface area contributed by atoms with Crippen molar-refractivity contribution < 1.29 is 9.59 Å². The molecule has 146 valence electrons. The predicted molar refractivity (Wildman–Crippen MR) is 111 cm³/mol. The number of nitrogens with one attached hydrogen (secondary N) is 2. The lowest BCUT2D eigenvalue weighted by Crippen LogP contribution is -2.34. The van der Waals surface area contributed by atoms with E-state index in [1.54, 1.807) is 36.2 Å². The van der Waals surface area contributed by atoms with E-state index >= 15 is 0 Å². The fourth-order valence-electron chi connectivity index (χ4n) is 4.12. The highest BCUT2D eigenvalue weighted by Gasteiger charge is 2.43. The summed E-state index contributed by atoms with van der Waals surface area (Å²) in [7, 11) is 1.76. The number of amides is 2. The quantitative estimate of drug-likeness (QED) is 0.842. The third-order valence-electron chi connectivity index (χ3n) is 5.94. The smallest absolute Gasteiger partial charge is 0.258 e. The van der Waals surface area contributed by atoms with Crippen LogP contribution in [0.25, 0.3) is 0 Å². The van der Waals surface area contributed by atoms with E-state index in [2.05, 4.69) is 10.6 Å². The second-order valence-corrected chi connectivity index (χ2v) is 7.86. The number of piperidine rings is 1. The van der Waals surface area contributed by atoms with Gasteiger partial charge in [0.15, 0.2) is 0 Å². The highest BCUT2D eigenvalue weighted by atomic mass is 16.2. The number of rotatable bonds is 5. The summed E-state index contributed by atoms with van der Waals surface area (Å²) in [5.41, 5.74) is 2.01. The molecule has 4 rings (SSSR count). The standard InChI is InChI=1S/C23H27N3O2/c1-26(19-7-3-2-4-8-19)23(28)17-11-9-16(10-12-17)22(27)25-21-14-20(21)18-6-5-13-24-15-18/h2-4,7-12,18,20-21,24H,5-6,13-15H2,1H3,(H,25,27). The van der Waals surface area contributed by atoms with Crippen molar-refractivity contribution in [3.63, 3.8) is 0 Å². The summed E-state index contributed by atoms with van der Waals surface area (Å²) < 4.78 is 0. The maximum Gasteiger partial charge on any atom is 0.258 e. The highest BCUT2D eigenvalue weighted by Crippen LogP contribution is 2.40. The monoisotopic (exact) mass is 377 g/mol. The second kappa shape index (κ2) is 8.15. The number of para-hydroxylation sites is 1. The minimum atomic E-state index is -0.0924. The molecule has 0 aromatic heterocycles. The molecule has 0 radical (unpaired) electrons. The van der Waals surface area contributed by atoms with Crippen LogP contribution < -0.4 is 15.5 Å². The van der Waals surface area contributed by atoms with Gasteiger partial charge in [-0.2, -0.15) is 0 Å². The van der Waals surface area contributed by atoms with Gasteiger partial charge in [0.2, 0.25) is 0 Å². The van der Waals surface area contributed by atoms with Crippen LogP contribution in [-0.4, -0.2) is 38.0 Å². The molecule has 1 aliphatic carbocycles. The summed E-state index contributed by atoms with van der Waals surface area (Å²) in [6.07, 6.45) is 3.57. The van der Waals surface area contributed by atoms with Gasteiger partial charge in [-0.15, -0.1) is 0 Å². The van der Waals surface area contributed by atoms with Crippen LogP contribution in [0.5, 0.6) is 0 Å². The van der Waals surface area contributed by atoms with Gasteiger partial charge in [-0.3, -0.25) is 9.59 Å². The lowest BCUT2D eigenvalue weighted by Gasteiger charge is -2.22. The summed E-state index contributed by atoms with van der Waals surface area (Å²) in [4.78, 5) is 26.8. The SMILES string of the molecule is CN(C(=O)c1ccc(C(=O)NC2CC2C2CCCNC2)cc1)c1ccccc1. The minimum absolute atomic E-state index is 0.0494. The van der Waals surface area contributed by atoms with Crippen molar-refractivity contribution in [3.05, 3.63) is 65.7 Å². The van der Waals surface area contributed by atoms with E-state index in [1.807, 2.05) is 30.3 Å². The average Bonchev–Trinajstić information content (AvgIpc) is 3.53. The van der Waals surface area contributed by atoms with E-state index in [1.165, 1.54) is 12.8 Å². The zero-order valence-electron chi connectivity index (χ0n) is 16.2. The molecule has 28 heavy (non-hydrogen) atoms. The number of benzene rings is 2. The fraction of sp³-hybridized carbons (Fsp3) is 0.391. The molecule has 2 N–H and O–H groups in total. The minimum Gasteiger partial charge on any atom is -0.349 e. The summed E-state index contributed by atoms with van der Waals surface area (Å²) >= 11 is 0. The van der Waals surface area contributed by atoms with Gasteiger partial charge in [0, 0.05) is 29.9 Å². The van der Waals surface area contributed by atoms with E-state index in [0.29, 0.717) is 29.0 Å². The molecule has 1 aliphatic heterocycles. The molecule has 2 amide bonds. The van der Waals surface area contributed by atoms with E-state index < -0.39 is 0 Å². The molecule has 5 heteroatoms. The van der Waals surface area contributed by atoms with Crippen molar-refractivity contribution in [1.82, 2.24) is 10.6 Å². The molecular formula is C23H27N3O2. The normalized spacial score (nSPS) is 23.7. The van der Waals surface area contributed by atoms with E-state index in [-0.39, 0.29) is 11.8 Å². The van der Waals surface area contributed by atoms with Crippen molar-refractivity contribution in [3.8, 4) is 0 Å². The maximum atomic E-state index is 12.7. The van der Waals surface area contributed by atoms with Crippen LogP contribution in [0.15, 0.2) is 54.6 Å². The molecule has 2 aromatic rings. The Labute approximate surface area is 166 Å². The van der Waals surface area contributed by atoms with Gasteiger partial charge in [-0.1, -0.05) is 18.2 Å². The first-order valence-electron chi connectivity index (χ1n) is 10.1. The number of hydrogen-bond acceptors (Lipinski definition) is 3. The van der Waals surface area contributed by atoms with E-state index in [0.717, 1.165) is 25.2 Å². The topological polar surface area (TPSA) is 61.4 Å². The molecule has 0 spiro atoms. The number of carbonyl (C=O) groups is 2. The molecule has 3 atom stereocenters. The molecule has 0 bridgehead atoms. The van der Waals surface area contributed by atoms with Gasteiger partial charge in [-0.25, -0.2) is 0 Å². The fourth-order valence-corrected chi connectivity index (χ4v) is 4.12.